The Labute approximate surface area is 117 Å². The molecule has 1 aromatic carbocycles. The van der Waals surface area contributed by atoms with Gasteiger partial charge in [0, 0.05) is 19.1 Å². The second-order valence-electron chi connectivity index (χ2n) is 4.20. The molecule has 0 spiro atoms. The van der Waals surface area contributed by atoms with Crippen LogP contribution in [0.5, 0.6) is 0 Å². The van der Waals surface area contributed by atoms with Gasteiger partial charge in [0.05, 0.1) is 0 Å². The van der Waals surface area contributed by atoms with E-state index in [1.165, 1.54) is 18.5 Å². The molecule has 0 aromatic heterocycles. The topological polar surface area (TPSA) is 15.3 Å². The zero-order valence-electron chi connectivity index (χ0n) is 10.3. The predicted molar refractivity (Wildman–Crippen MR) is 78.3 cm³/mol. The second-order valence-corrected chi connectivity index (χ2v) is 4.20. The third kappa shape index (κ3) is 4.84. The second kappa shape index (κ2) is 8.76. The van der Waals surface area contributed by atoms with E-state index in [2.05, 4.69) is 47.5 Å². The van der Waals surface area contributed by atoms with Gasteiger partial charge in [-0.3, -0.25) is 4.90 Å². The Kier molecular flexibility index (Phi) is 8.61. The summed E-state index contributed by atoms with van der Waals surface area (Å²) in [6.45, 7) is 6.81. The van der Waals surface area contributed by atoms with Gasteiger partial charge in [-0.15, -0.1) is 24.8 Å². The van der Waals surface area contributed by atoms with Crippen molar-refractivity contribution < 1.29 is 0 Å². The average molecular weight is 277 g/mol. The maximum absolute atomic E-state index is 3.43. The summed E-state index contributed by atoms with van der Waals surface area (Å²) in [5.41, 5.74) is 1.42. The van der Waals surface area contributed by atoms with E-state index in [1.807, 2.05) is 0 Å². The lowest BCUT2D eigenvalue weighted by Gasteiger charge is -2.26. The summed E-state index contributed by atoms with van der Waals surface area (Å²) in [4.78, 5) is 2.56. The van der Waals surface area contributed by atoms with Gasteiger partial charge in [-0.05, 0) is 25.1 Å². The molecule has 0 saturated carbocycles. The lowest BCUT2D eigenvalue weighted by Crippen LogP contribution is -2.36. The van der Waals surface area contributed by atoms with E-state index in [1.54, 1.807) is 0 Å². The maximum Gasteiger partial charge on any atom is 0.0237 e. The van der Waals surface area contributed by atoms with Crippen molar-refractivity contribution in [1.29, 1.82) is 0 Å². The van der Waals surface area contributed by atoms with Crippen LogP contribution >= 0.6 is 24.8 Å². The summed E-state index contributed by atoms with van der Waals surface area (Å²) >= 11 is 0. The quantitative estimate of drug-likeness (QED) is 0.910. The number of benzene rings is 1. The first kappa shape index (κ1) is 16.7. The van der Waals surface area contributed by atoms with Crippen molar-refractivity contribution in [2.75, 3.05) is 19.6 Å². The van der Waals surface area contributed by atoms with Crippen LogP contribution in [0.3, 0.4) is 0 Å². The number of nitrogens with zero attached hydrogens (tertiary/aromatic N) is 1. The largest absolute Gasteiger partial charge is 0.315 e. The molecule has 1 heterocycles. The van der Waals surface area contributed by atoms with Gasteiger partial charge in [0.25, 0.3) is 0 Å². The number of rotatable bonds is 4. The minimum Gasteiger partial charge on any atom is -0.315 e. The van der Waals surface area contributed by atoms with Crippen LogP contribution < -0.4 is 5.32 Å². The van der Waals surface area contributed by atoms with Crippen molar-refractivity contribution in [3.05, 3.63) is 35.9 Å². The number of nitrogens with one attached hydrogen (secondary N) is 1. The van der Waals surface area contributed by atoms with Crippen LogP contribution in [-0.2, 0) is 6.54 Å². The van der Waals surface area contributed by atoms with Crippen LogP contribution in [0.15, 0.2) is 30.3 Å². The average Bonchev–Trinajstić information content (AvgIpc) is 2.81. The fraction of sp³-hybridized carbons (Fsp3) is 0.538. The van der Waals surface area contributed by atoms with Crippen molar-refractivity contribution >= 4 is 24.8 Å². The van der Waals surface area contributed by atoms with Gasteiger partial charge in [-0.25, -0.2) is 0 Å². The van der Waals surface area contributed by atoms with Crippen LogP contribution in [0, 0.1) is 0 Å². The van der Waals surface area contributed by atoms with Gasteiger partial charge in [0.1, 0.15) is 0 Å². The maximum atomic E-state index is 3.43. The van der Waals surface area contributed by atoms with E-state index < -0.39 is 0 Å². The van der Waals surface area contributed by atoms with Crippen molar-refractivity contribution in [2.45, 2.75) is 25.9 Å². The van der Waals surface area contributed by atoms with E-state index in [-0.39, 0.29) is 24.8 Å². The molecule has 0 bridgehead atoms. The Hall–Kier alpha value is -0.280. The summed E-state index contributed by atoms with van der Waals surface area (Å²) in [6.07, 6.45) is 1.29. The highest BCUT2D eigenvalue weighted by molar-refractivity contribution is 5.85. The van der Waals surface area contributed by atoms with Crippen LogP contribution in [0.2, 0.25) is 0 Å². The molecule has 1 saturated heterocycles. The third-order valence-corrected chi connectivity index (χ3v) is 3.19. The van der Waals surface area contributed by atoms with Gasteiger partial charge in [-0.2, -0.15) is 0 Å². The molecule has 1 N–H and O–H groups in total. The van der Waals surface area contributed by atoms with Gasteiger partial charge in [-0.1, -0.05) is 37.3 Å². The van der Waals surface area contributed by atoms with Crippen LogP contribution in [-0.4, -0.2) is 30.6 Å². The van der Waals surface area contributed by atoms with E-state index in [9.17, 15) is 0 Å². The molecule has 1 unspecified atom stereocenters. The smallest absolute Gasteiger partial charge is 0.0237 e. The molecule has 0 radical (unpaired) electrons. The SMILES string of the molecule is CCN(Cc1ccccc1)C1CCNC1.Cl.Cl. The first-order chi connectivity index (χ1) is 7.40. The summed E-state index contributed by atoms with van der Waals surface area (Å²) in [7, 11) is 0. The fourth-order valence-electron chi connectivity index (χ4n) is 2.27. The number of likely N-dealkylation sites (N-methyl/N-ethyl adjacent to an activating group) is 1. The Morgan fingerprint density at radius 3 is 2.47 bits per heavy atom. The monoisotopic (exact) mass is 276 g/mol. The van der Waals surface area contributed by atoms with Gasteiger partial charge < -0.3 is 5.32 Å². The standard InChI is InChI=1S/C13H20N2.2ClH/c1-2-15(13-8-9-14-10-13)11-12-6-4-3-5-7-12;;/h3-7,13-14H,2,8-11H2,1H3;2*1H. The highest BCUT2D eigenvalue weighted by Crippen LogP contribution is 2.12. The lowest BCUT2D eigenvalue weighted by atomic mass is 10.1. The predicted octanol–water partition coefficient (Wildman–Crippen LogP) is 2.71. The Morgan fingerprint density at radius 2 is 1.94 bits per heavy atom. The molecule has 2 rings (SSSR count). The normalized spacial score (nSPS) is 18.6. The Balaban J connectivity index is 0.00000128. The number of hydrogen-bond donors (Lipinski definition) is 1. The molecule has 1 fully saturated rings. The summed E-state index contributed by atoms with van der Waals surface area (Å²) < 4.78 is 0. The van der Waals surface area contributed by atoms with Crippen molar-refractivity contribution in [3.8, 4) is 0 Å². The first-order valence-corrected chi connectivity index (χ1v) is 5.89. The Morgan fingerprint density at radius 1 is 1.24 bits per heavy atom. The summed E-state index contributed by atoms with van der Waals surface area (Å²) in [5, 5.41) is 3.43. The highest BCUT2D eigenvalue weighted by atomic mass is 35.5. The number of hydrogen-bond acceptors (Lipinski definition) is 2. The minimum atomic E-state index is 0. The molecular formula is C13H22Cl2N2. The van der Waals surface area contributed by atoms with Crippen LogP contribution in [0.1, 0.15) is 18.9 Å². The molecule has 0 aliphatic carbocycles. The zero-order chi connectivity index (χ0) is 10.5. The van der Waals surface area contributed by atoms with Crippen LogP contribution in [0.4, 0.5) is 0 Å². The molecule has 98 valence electrons. The first-order valence-electron chi connectivity index (χ1n) is 5.89. The molecule has 2 nitrogen and oxygen atoms in total. The van der Waals surface area contributed by atoms with E-state index in [4.69, 9.17) is 0 Å². The summed E-state index contributed by atoms with van der Waals surface area (Å²) in [6, 6.07) is 11.5. The molecule has 1 aromatic rings. The third-order valence-electron chi connectivity index (χ3n) is 3.19. The van der Waals surface area contributed by atoms with Crippen molar-refractivity contribution in [3.63, 3.8) is 0 Å². The van der Waals surface area contributed by atoms with Crippen molar-refractivity contribution in [2.24, 2.45) is 0 Å². The molecule has 17 heavy (non-hydrogen) atoms. The zero-order valence-corrected chi connectivity index (χ0v) is 11.9. The molecule has 4 heteroatoms. The molecular weight excluding hydrogens is 255 g/mol. The van der Waals surface area contributed by atoms with Gasteiger partial charge >= 0.3 is 0 Å². The molecule has 1 atom stereocenters. The molecule has 1 aliphatic rings. The fourth-order valence-corrected chi connectivity index (χ4v) is 2.27. The van der Waals surface area contributed by atoms with Gasteiger partial charge in [0.15, 0.2) is 0 Å². The van der Waals surface area contributed by atoms with E-state index in [0.717, 1.165) is 25.7 Å². The van der Waals surface area contributed by atoms with Gasteiger partial charge in [0.2, 0.25) is 0 Å². The Bertz CT molecular complexity index is 287. The highest BCUT2D eigenvalue weighted by Gasteiger charge is 2.20. The lowest BCUT2D eigenvalue weighted by molar-refractivity contribution is 0.210. The minimum absolute atomic E-state index is 0. The summed E-state index contributed by atoms with van der Waals surface area (Å²) in [5.74, 6) is 0. The van der Waals surface area contributed by atoms with E-state index in [0.29, 0.717) is 0 Å². The van der Waals surface area contributed by atoms with Crippen molar-refractivity contribution in [1.82, 2.24) is 10.2 Å². The van der Waals surface area contributed by atoms with Crippen LogP contribution in [0.25, 0.3) is 0 Å². The molecule has 1 aliphatic heterocycles. The van der Waals surface area contributed by atoms with E-state index >= 15 is 0 Å². The number of halogens is 2. The molecule has 0 amide bonds.